The van der Waals surface area contributed by atoms with Gasteiger partial charge in [0, 0.05) is 13.6 Å². The van der Waals surface area contributed by atoms with Crippen molar-refractivity contribution in [2.24, 2.45) is 0 Å². The average Bonchev–Trinajstić information content (AvgIpc) is 2.65. The molecule has 0 N–H and O–H groups in total. The van der Waals surface area contributed by atoms with Crippen LogP contribution in [0.15, 0.2) is 65.6 Å². The summed E-state index contributed by atoms with van der Waals surface area (Å²) in [6.45, 7) is 0.597. The minimum Gasteiger partial charge on any atom is -0.497 e. The molecule has 0 spiro atoms. The van der Waals surface area contributed by atoms with Gasteiger partial charge in [0.15, 0.2) is 0 Å². The van der Waals surface area contributed by atoms with Crippen LogP contribution in [0.2, 0.25) is 5.02 Å². The lowest BCUT2D eigenvalue weighted by Crippen LogP contribution is -2.26. The Morgan fingerprint density at radius 1 is 1.12 bits per heavy atom. The predicted molar refractivity (Wildman–Crippen MR) is 99.9 cm³/mol. The van der Waals surface area contributed by atoms with Crippen molar-refractivity contribution in [2.45, 2.75) is 6.54 Å². The van der Waals surface area contributed by atoms with E-state index < -0.39 is 0 Å². The number of hydrogen-bond acceptors (Lipinski definition) is 4. The minimum absolute atomic E-state index is 0.148. The SMILES string of the molecule is COc1ccc(CN(C)c2cnn(-c3ccccc3)c(=O)c2Cl)cc1. The van der Waals surface area contributed by atoms with E-state index in [1.807, 2.05) is 66.5 Å². The van der Waals surface area contributed by atoms with Crippen molar-refractivity contribution in [1.82, 2.24) is 9.78 Å². The smallest absolute Gasteiger partial charge is 0.292 e. The molecule has 0 radical (unpaired) electrons. The van der Waals surface area contributed by atoms with E-state index in [2.05, 4.69) is 5.10 Å². The molecule has 5 nitrogen and oxygen atoms in total. The monoisotopic (exact) mass is 355 g/mol. The number of benzene rings is 2. The predicted octanol–water partition coefficient (Wildman–Crippen LogP) is 3.53. The van der Waals surface area contributed by atoms with E-state index >= 15 is 0 Å². The molecule has 1 heterocycles. The molecule has 0 saturated carbocycles. The van der Waals surface area contributed by atoms with Crippen molar-refractivity contribution in [1.29, 1.82) is 0 Å². The van der Waals surface area contributed by atoms with Crippen LogP contribution in [0.3, 0.4) is 0 Å². The zero-order chi connectivity index (χ0) is 17.8. The number of halogens is 1. The molecule has 0 atom stereocenters. The molecule has 3 aromatic rings. The van der Waals surface area contributed by atoms with Gasteiger partial charge in [0.1, 0.15) is 10.8 Å². The molecule has 0 amide bonds. The zero-order valence-corrected chi connectivity index (χ0v) is 14.8. The Balaban J connectivity index is 1.87. The van der Waals surface area contributed by atoms with Gasteiger partial charge in [0.25, 0.3) is 5.56 Å². The van der Waals surface area contributed by atoms with Gasteiger partial charge >= 0.3 is 0 Å². The first-order valence-electron chi connectivity index (χ1n) is 7.77. The van der Waals surface area contributed by atoms with Crippen LogP contribution in [0.4, 0.5) is 5.69 Å². The van der Waals surface area contributed by atoms with Gasteiger partial charge in [-0.2, -0.15) is 9.78 Å². The van der Waals surface area contributed by atoms with Crippen LogP contribution in [0.5, 0.6) is 5.75 Å². The fraction of sp³-hybridized carbons (Fsp3) is 0.158. The second-order valence-electron chi connectivity index (χ2n) is 5.60. The molecule has 0 fully saturated rings. The van der Waals surface area contributed by atoms with E-state index in [0.717, 1.165) is 11.3 Å². The van der Waals surface area contributed by atoms with Crippen LogP contribution in [0.25, 0.3) is 5.69 Å². The lowest BCUT2D eigenvalue weighted by molar-refractivity contribution is 0.414. The van der Waals surface area contributed by atoms with E-state index in [4.69, 9.17) is 16.3 Å². The van der Waals surface area contributed by atoms with Crippen molar-refractivity contribution >= 4 is 17.3 Å². The summed E-state index contributed by atoms with van der Waals surface area (Å²) in [7, 11) is 3.51. The molecule has 0 aliphatic carbocycles. The van der Waals surface area contributed by atoms with Gasteiger partial charge in [-0.15, -0.1) is 0 Å². The third-order valence-corrected chi connectivity index (χ3v) is 4.25. The number of nitrogens with zero attached hydrogens (tertiary/aromatic N) is 3. The van der Waals surface area contributed by atoms with Crippen LogP contribution in [-0.2, 0) is 6.54 Å². The molecular formula is C19H18ClN3O2. The Morgan fingerprint density at radius 3 is 2.44 bits per heavy atom. The van der Waals surface area contributed by atoms with Gasteiger partial charge in [0.05, 0.1) is 24.7 Å². The van der Waals surface area contributed by atoms with Gasteiger partial charge in [0.2, 0.25) is 0 Å². The molecule has 0 saturated heterocycles. The Kier molecular flexibility index (Phi) is 5.05. The van der Waals surface area contributed by atoms with Crippen molar-refractivity contribution in [3.05, 3.63) is 81.7 Å². The van der Waals surface area contributed by atoms with E-state index in [1.54, 1.807) is 13.3 Å². The van der Waals surface area contributed by atoms with Crippen molar-refractivity contribution in [3.63, 3.8) is 0 Å². The number of aromatic nitrogens is 2. The third kappa shape index (κ3) is 3.67. The highest BCUT2D eigenvalue weighted by molar-refractivity contribution is 6.33. The Bertz CT molecular complexity index is 908. The first-order valence-corrected chi connectivity index (χ1v) is 8.15. The maximum absolute atomic E-state index is 12.6. The van der Waals surface area contributed by atoms with Crippen LogP contribution in [0, 0.1) is 0 Å². The maximum Gasteiger partial charge on any atom is 0.292 e. The molecule has 0 aliphatic heterocycles. The first kappa shape index (κ1) is 17.0. The summed E-state index contributed by atoms with van der Waals surface area (Å²) in [6, 6.07) is 16.9. The molecule has 0 bridgehead atoms. The fourth-order valence-corrected chi connectivity index (χ4v) is 2.81. The first-order chi connectivity index (χ1) is 12.1. The summed E-state index contributed by atoms with van der Waals surface area (Å²) < 4.78 is 6.46. The lowest BCUT2D eigenvalue weighted by atomic mass is 10.2. The van der Waals surface area contributed by atoms with E-state index in [1.165, 1.54) is 4.68 Å². The van der Waals surface area contributed by atoms with Gasteiger partial charge in [-0.25, -0.2) is 0 Å². The van der Waals surface area contributed by atoms with Gasteiger partial charge in [-0.3, -0.25) is 4.79 Å². The minimum atomic E-state index is -0.341. The summed E-state index contributed by atoms with van der Waals surface area (Å²) in [5.41, 5.74) is 2.01. The molecule has 1 aromatic heterocycles. The Hall–Kier alpha value is -2.79. The van der Waals surface area contributed by atoms with Crippen molar-refractivity contribution < 1.29 is 4.74 Å². The molecule has 128 valence electrons. The number of anilines is 1. The highest BCUT2D eigenvalue weighted by Gasteiger charge is 2.14. The molecule has 6 heteroatoms. The second kappa shape index (κ2) is 7.40. The van der Waals surface area contributed by atoms with E-state index in [-0.39, 0.29) is 10.6 Å². The fourth-order valence-electron chi connectivity index (χ4n) is 2.53. The maximum atomic E-state index is 12.6. The number of methoxy groups -OCH3 is 1. The highest BCUT2D eigenvalue weighted by Crippen LogP contribution is 2.23. The largest absolute Gasteiger partial charge is 0.497 e. The zero-order valence-electron chi connectivity index (χ0n) is 14.0. The molecule has 0 aliphatic rings. The third-order valence-electron chi connectivity index (χ3n) is 3.89. The summed E-state index contributed by atoms with van der Waals surface area (Å²) in [4.78, 5) is 14.5. The lowest BCUT2D eigenvalue weighted by Gasteiger charge is -2.20. The molecule has 2 aromatic carbocycles. The average molecular weight is 356 g/mol. The number of para-hydroxylation sites is 1. The summed E-state index contributed by atoms with van der Waals surface area (Å²) in [6.07, 6.45) is 1.61. The summed E-state index contributed by atoms with van der Waals surface area (Å²) in [5.74, 6) is 0.802. The Morgan fingerprint density at radius 2 is 1.80 bits per heavy atom. The standard InChI is InChI=1S/C19H18ClN3O2/c1-22(13-14-8-10-16(25-2)11-9-14)17-12-21-23(19(24)18(17)20)15-6-4-3-5-7-15/h3-12H,13H2,1-2H3. The van der Waals surface area contributed by atoms with Crippen LogP contribution >= 0.6 is 11.6 Å². The second-order valence-corrected chi connectivity index (χ2v) is 5.98. The molecule has 25 heavy (non-hydrogen) atoms. The molecule has 3 rings (SSSR count). The number of hydrogen-bond donors (Lipinski definition) is 0. The topological polar surface area (TPSA) is 47.4 Å². The van der Waals surface area contributed by atoms with Crippen molar-refractivity contribution in [3.8, 4) is 11.4 Å². The molecule has 0 unspecified atom stereocenters. The Labute approximate surface area is 151 Å². The van der Waals surface area contributed by atoms with E-state index in [0.29, 0.717) is 17.9 Å². The van der Waals surface area contributed by atoms with Gasteiger partial charge < -0.3 is 9.64 Å². The van der Waals surface area contributed by atoms with Crippen molar-refractivity contribution in [2.75, 3.05) is 19.1 Å². The summed E-state index contributed by atoms with van der Waals surface area (Å²) in [5, 5.41) is 4.41. The van der Waals surface area contributed by atoms with Crippen LogP contribution in [0.1, 0.15) is 5.56 Å². The quantitative estimate of drug-likeness (QED) is 0.702. The normalized spacial score (nSPS) is 10.5. The number of rotatable bonds is 5. The van der Waals surface area contributed by atoms with Crippen LogP contribution in [-0.4, -0.2) is 23.9 Å². The summed E-state index contributed by atoms with van der Waals surface area (Å²) >= 11 is 6.32. The highest BCUT2D eigenvalue weighted by atomic mass is 35.5. The van der Waals surface area contributed by atoms with Gasteiger partial charge in [-0.1, -0.05) is 41.9 Å². The number of ether oxygens (including phenoxy) is 1. The molecular weight excluding hydrogens is 338 g/mol. The van der Waals surface area contributed by atoms with Crippen LogP contribution < -0.4 is 15.2 Å². The van der Waals surface area contributed by atoms with Gasteiger partial charge in [-0.05, 0) is 29.8 Å². The van der Waals surface area contributed by atoms with E-state index in [9.17, 15) is 4.79 Å².